The van der Waals surface area contributed by atoms with Crippen LogP contribution >= 0.6 is 0 Å². The fourth-order valence-corrected chi connectivity index (χ4v) is 2.68. The van der Waals surface area contributed by atoms with Crippen LogP contribution in [0.15, 0.2) is 36.5 Å². The minimum Gasteiger partial charge on any atom is -0.308 e. The number of amides is 2. The standard InChI is InChI=1S/C17H18N4O2/c1-17(2)8-13-12(14(22)9-17)10-18-15(20-13)21-16(23)19-11-6-4-3-5-7-11/h3-7,10H,8-9H2,1-2H3,(H2,18,19,20,21,23). The van der Waals surface area contributed by atoms with E-state index in [1.807, 2.05) is 32.0 Å². The van der Waals surface area contributed by atoms with Crippen LogP contribution in [0.1, 0.15) is 36.3 Å². The summed E-state index contributed by atoms with van der Waals surface area (Å²) in [6.45, 7) is 4.07. The monoisotopic (exact) mass is 310 g/mol. The zero-order valence-electron chi connectivity index (χ0n) is 13.1. The smallest absolute Gasteiger partial charge is 0.308 e. The van der Waals surface area contributed by atoms with Crippen LogP contribution in [0.25, 0.3) is 0 Å². The summed E-state index contributed by atoms with van der Waals surface area (Å²) < 4.78 is 0. The second-order valence-corrected chi connectivity index (χ2v) is 6.44. The first-order valence-electron chi connectivity index (χ1n) is 7.45. The lowest BCUT2D eigenvalue weighted by molar-refractivity contribution is 0.0910. The van der Waals surface area contributed by atoms with Crippen molar-refractivity contribution in [3.05, 3.63) is 47.8 Å². The van der Waals surface area contributed by atoms with E-state index in [2.05, 4.69) is 20.6 Å². The number of anilines is 2. The Morgan fingerprint density at radius 3 is 2.61 bits per heavy atom. The highest BCUT2D eigenvalue weighted by atomic mass is 16.2. The van der Waals surface area contributed by atoms with Crippen molar-refractivity contribution in [2.75, 3.05) is 10.6 Å². The van der Waals surface area contributed by atoms with Crippen LogP contribution in [0.5, 0.6) is 0 Å². The lowest BCUT2D eigenvalue weighted by atomic mass is 9.76. The van der Waals surface area contributed by atoms with Gasteiger partial charge in [-0.25, -0.2) is 14.8 Å². The molecular weight excluding hydrogens is 292 g/mol. The van der Waals surface area contributed by atoms with E-state index in [0.717, 1.165) is 0 Å². The van der Waals surface area contributed by atoms with Crippen molar-refractivity contribution in [2.24, 2.45) is 5.41 Å². The summed E-state index contributed by atoms with van der Waals surface area (Å²) in [6.07, 6.45) is 2.67. The van der Waals surface area contributed by atoms with Gasteiger partial charge in [0.2, 0.25) is 5.95 Å². The van der Waals surface area contributed by atoms with Crippen LogP contribution in [0, 0.1) is 5.41 Å². The molecule has 0 aliphatic heterocycles. The predicted molar refractivity (Wildman–Crippen MR) is 87.5 cm³/mol. The van der Waals surface area contributed by atoms with E-state index in [9.17, 15) is 9.59 Å². The summed E-state index contributed by atoms with van der Waals surface area (Å²) in [6, 6.07) is 8.69. The van der Waals surface area contributed by atoms with Gasteiger partial charge < -0.3 is 5.32 Å². The Kier molecular flexibility index (Phi) is 3.82. The Morgan fingerprint density at radius 2 is 1.87 bits per heavy atom. The van der Waals surface area contributed by atoms with Crippen molar-refractivity contribution in [1.29, 1.82) is 0 Å². The molecule has 0 radical (unpaired) electrons. The summed E-state index contributed by atoms with van der Waals surface area (Å²) in [4.78, 5) is 32.5. The number of rotatable bonds is 2. The van der Waals surface area contributed by atoms with Crippen LogP contribution in [-0.2, 0) is 6.42 Å². The maximum Gasteiger partial charge on any atom is 0.326 e. The molecule has 0 unspecified atom stereocenters. The molecule has 6 heteroatoms. The molecule has 0 fully saturated rings. The largest absolute Gasteiger partial charge is 0.326 e. The topological polar surface area (TPSA) is 84.0 Å². The molecule has 1 aliphatic rings. The third-order valence-corrected chi connectivity index (χ3v) is 3.71. The molecule has 0 saturated carbocycles. The van der Waals surface area contributed by atoms with E-state index in [-0.39, 0.29) is 17.1 Å². The number of carbonyl (C=O) groups excluding carboxylic acids is 2. The van der Waals surface area contributed by atoms with E-state index < -0.39 is 6.03 Å². The zero-order valence-corrected chi connectivity index (χ0v) is 13.1. The molecule has 2 N–H and O–H groups in total. The van der Waals surface area contributed by atoms with Crippen LogP contribution < -0.4 is 10.6 Å². The molecule has 2 aromatic rings. The average Bonchev–Trinajstić information content (AvgIpc) is 2.46. The van der Waals surface area contributed by atoms with Gasteiger partial charge in [0.25, 0.3) is 0 Å². The normalized spacial score (nSPS) is 15.7. The Hall–Kier alpha value is -2.76. The van der Waals surface area contributed by atoms with Crippen LogP contribution in [0.3, 0.4) is 0 Å². The summed E-state index contributed by atoms with van der Waals surface area (Å²) in [5.41, 5.74) is 1.80. The van der Waals surface area contributed by atoms with Crippen LogP contribution in [-0.4, -0.2) is 21.8 Å². The first-order chi connectivity index (χ1) is 10.9. The molecule has 1 aromatic heterocycles. The number of ketones is 1. The Bertz CT molecular complexity index is 756. The molecule has 1 aromatic carbocycles. The minimum atomic E-state index is -0.419. The molecule has 0 saturated heterocycles. The number of carbonyl (C=O) groups is 2. The molecule has 2 amide bonds. The van der Waals surface area contributed by atoms with E-state index >= 15 is 0 Å². The fraction of sp³-hybridized carbons (Fsp3) is 0.294. The highest BCUT2D eigenvalue weighted by molar-refractivity contribution is 6.00. The summed E-state index contributed by atoms with van der Waals surface area (Å²) >= 11 is 0. The van der Waals surface area contributed by atoms with E-state index in [1.165, 1.54) is 6.20 Å². The Labute approximate surface area is 134 Å². The minimum absolute atomic E-state index is 0.0523. The van der Waals surface area contributed by atoms with Gasteiger partial charge in [0, 0.05) is 18.3 Å². The first-order valence-corrected chi connectivity index (χ1v) is 7.45. The van der Waals surface area contributed by atoms with Crippen LogP contribution in [0.2, 0.25) is 0 Å². The molecule has 3 rings (SSSR count). The number of Topliss-reactive ketones (excluding diaryl/α,β-unsaturated/α-hetero) is 1. The number of urea groups is 1. The Balaban J connectivity index is 1.75. The molecule has 6 nitrogen and oxygen atoms in total. The molecule has 118 valence electrons. The number of benzene rings is 1. The number of aromatic nitrogens is 2. The number of para-hydroxylation sites is 1. The average molecular weight is 310 g/mol. The van der Waals surface area contributed by atoms with E-state index in [4.69, 9.17) is 0 Å². The van der Waals surface area contributed by atoms with Gasteiger partial charge in [-0.2, -0.15) is 0 Å². The molecule has 0 atom stereocenters. The van der Waals surface area contributed by atoms with Gasteiger partial charge in [-0.3, -0.25) is 10.1 Å². The third kappa shape index (κ3) is 3.53. The molecule has 1 heterocycles. The van der Waals surface area contributed by atoms with Gasteiger partial charge in [-0.15, -0.1) is 0 Å². The lowest BCUT2D eigenvalue weighted by Gasteiger charge is -2.29. The second kappa shape index (κ2) is 5.79. The number of nitrogens with zero attached hydrogens (tertiary/aromatic N) is 2. The SMILES string of the molecule is CC1(C)CC(=O)c2cnc(NC(=O)Nc3ccccc3)nc2C1. The Morgan fingerprint density at radius 1 is 1.13 bits per heavy atom. The summed E-state index contributed by atoms with van der Waals surface area (Å²) in [5.74, 6) is 0.249. The molecule has 0 bridgehead atoms. The quantitative estimate of drug-likeness (QED) is 0.891. The molecule has 0 spiro atoms. The van der Waals surface area contributed by atoms with Crippen molar-refractivity contribution in [3.63, 3.8) is 0 Å². The number of hydrogen-bond donors (Lipinski definition) is 2. The van der Waals surface area contributed by atoms with E-state index in [1.54, 1.807) is 12.1 Å². The third-order valence-electron chi connectivity index (χ3n) is 3.71. The second-order valence-electron chi connectivity index (χ2n) is 6.44. The van der Waals surface area contributed by atoms with Gasteiger partial charge in [0.05, 0.1) is 11.3 Å². The van der Waals surface area contributed by atoms with Gasteiger partial charge in [-0.1, -0.05) is 32.0 Å². The fourth-order valence-electron chi connectivity index (χ4n) is 2.68. The van der Waals surface area contributed by atoms with Gasteiger partial charge in [0.1, 0.15) is 0 Å². The van der Waals surface area contributed by atoms with E-state index in [0.29, 0.717) is 29.8 Å². The highest BCUT2D eigenvalue weighted by Crippen LogP contribution is 2.33. The van der Waals surface area contributed by atoms with Gasteiger partial charge in [0.15, 0.2) is 5.78 Å². The maximum atomic E-state index is 12.1. The number of hydrogen-bond acceptors (Lipinski definition) is 4. The highest BCUT2D eigenvalue weighted by Gasteiger charge is 2.32. The molecular formula is C17H18N4O2. The van der Waals surface area contributed by atoms with Gasteiger partial charge >= 0.3 is 6.03 Å². The van der Waals surface area contributed by atoms with Crippen molar-refractivity contribution < 1.29 is 9.59 Å². The van der Waals surface area contributed by atoms with Crippen molar-refractivity contribution in [3.8, 4) is 0 Å². The molecule has 1 aliphatic carbocycles. The van der Waals surface area contributed by atoms with Crippen molar-refractivity contribution in [1.82, 2.24) is 9.97 Å². The first kappa shape index (κ1) is 15.1. The number of fused-ring (bicyclic) bond motifs is 1. The zero-order chi connectivity index (χ0) is 16.4. The van der Waals surface area contributed by atoms with Crippen molar-refractivity contribution in [2.45, 2.75) is 26.7 Å². The maximum absolute atomic E-state index is 12.1. The summed E-state index contributed by atoms with van der Waals surface area (Å²) in [5, 5.41) is 5.30. The lowest BCUT2D eigenvalue weighted by Crippen LogP contribution is -2.29. The molecule has 23 heavy (non-hydrogen) atoms. The van der Waals surface area contributed by atoms with Crippen molar-refractivity contribution >= 4 is 23.5 Å². The van der Waals surface area contributed by atoms with Crippen LogP contribution in [0.4, 0.5) is 16.4 Å². The predicted octanol–water partition coefficient (Wildman–Crippen LogP) is 3.28. The summed E-state index contributed by atoms with van der Waals surface area (Å²) in [7, 11) is 0. The van der Waals surface area contributed by atoms with Gasteiger partial charge in [-0.05, 0) is 24.0 Å². The number of nitrogens with one attached hydrogen (secondary N) is 2.